The monoisotopic (exact) mass is 545 g/mol. The van der Waals surface area contributed by atoms with E-state index in [1.54, 1.807) is 18.2 Å². The van der Waals surface area contributed by atoms with E-state index in [1.807, 2.05) is 27.7 Å². The highest BCUT2D eigenvalue weighted by Crippen LogP contribution is 2.32. The van der Waals surface area contributed by atoms with Gasteiger partial charge in [0.25, 0.3) is 15.9 Å². The van der Waals surface area contributed by atoms with Gasteiger partial charge in [0.1, 0.15) is 16.4 Å². The number of ether oxygens (including phenoxy) is 3. The number of fused-ring (bicyclic) bond motifs is 1. The summed E-state index contributed by atoms with van der Waals surface area (Å²) >= 11 is 0. The van der Waals surface area contributed by atoms with Gasteiger partial charge in [-0.05, 0) is 70.4 Å². The van der Waals surface area contributed by atoms with Gasteiger partial charge in [-0.25, -0.2) is 13.2 Å². The number of hydrogen-bond donors (Lipinski definition) is 1. The van der Waals surface area contributed by atoms with Crippen LogP contribution >= 0.6 is 0 Å². The standard InChI is InChI=1S/C27H35N3O7S/c1-6-27(3,4)28-25(31)18-8-11-24(23(16-18)35-5)38(33,34)30-21-10-9-20(37-7-2)17-22(21)29(26(30)32)19-12-14-36-15-13-19/h8-11,16-17,19H,6-7,12-15H2,1-5H3,(H,28,31). The molecule has 0 saturated carbocycles. The highest BCUT2D eigenvalue weighted by atomic mass is 32.2. The van der Waals surface area contributed by atoms with Gasteiger partial charge >= 0.3 is 5.69 Å². The van der Waals surface area contributed by atoms with Crippen molar-refractivity contribution in [2.75, 3.05) is 26.9 Å². The van der Waals surface area contributed by atoms with Gasteiger partial charge in [-0.3, -0.25) is 9.36 Å². The lowest BCUT2D eigenvalue weighted by Crippen LogP contribution is -2.42. The number of rotatable bonds is 9. The number of amides is 1. The topological polar surface area (TPSA) is 118 Å². The Morgan fingerprint density at radius 3 is 2.45 bits per heavy atom. The number of benzene rings is 2. The van der Waals surface area contributed by atoms with Gasteiger partial charge in [-0.15, -0.1) is 0 Å². The van der Waals surface area contributed by atoms with Crippen molar-refractivity contribution in [3.63, 3.8) is 0 Å². The first-order valence-corrected chi connectivity index (χ1v) is 14.2. The summed E-state index contributed by atoms with van der Waals surface area (Å²) in [5.74, 6) is 0.158. The number of imidazole rings is 1. The highest BCUT2D eigenvalue weighted by molar-refractivity contribution is 7.90. The molecular formula is C27H35N3O7S. The minimum Gasteiger partial charge on any atom is -0.495 e. The molecule has 206 valence electrons. The Labute approximate surface area is 222 Å². The molecule has 38 heavy (non-hydrogen) atoms. The zero-order chi connectivity index (χ0) is 27.7. The van der Waals surface area contributed by atoms with E-state index in [2.05, 4.69) is 5.32 Å². The van der Waals surface area contributed by atoms with Crippen LogP contribution < -0.4 is 20.5 Å². The third-order valence-corrected chi connectivity index (χ3v) is 8.68. The summed E-state index contributed by atoms with van der Waals surface area (Å²) in [6.45, 7) is 9.00. The van der Waals surface area contributed by atoms with Crippen LogP contribution in [-0.2, 0) is 14.8 Å². The molecule has 2 aromatic carbocycles. The summed E-state index contributed by atoms with van der Waals surface area (Å²) < 4.78 is 46.9. The fourth-order valence-electron chi connectivity index (χ4n) is 4.55. The largest absolute Gasteiger partial charge is 0.495 e. The molecule has 1 N–H and O–H groups in total. The Bertz CT molecular complexity index is 1500. The normalized spacial score (nSPS) is 15.0. The molecule has 11 heteroatoms. The first kappa shape index (κ1) is 27.7. The van der Waals surface area contributed by atoms with Crippen molar-refractivity contribution >= 4 is 27.0 Å². The lowest BCUT2D eigenvalue weighted by molar-refractivity contribution is 0.0697. The van der Waals surface area contributed by atoms with E-state index in [-0.39, 0.29) is 33.7 Å². The van der Waals surface area contributed by atoms with Crippen LogP contribution in [-0.4, -0.2) is 55.3 Å². The first-order chi connectivity index (χ1) is 18.0. The lowest BCUT2D eigenvalue weighted by atomic mass is 10.0. The number of carbonyl (C=O) groups excluding carboxylic acids is 1. The fraction of sp³-hybridized carbons (Fsp3) is 0.481. The van der Waals surface area contributed by atoms with Crippen LogP contribution in [0.4, 0.5) is 0 Å². The van der Waals surface area contributed by atoms with Crippen LogP contribution in [0.2, 0.25) is 0 Å². The fourth-order valence-corrected chi connectivity index (χ4v) is 6.09. The summed E-state index contributed by atoms with van der Waals surface area (Å²) in [5.41, 5.74) is -0.157. The van der Waals surface area contributed by atoms with Crippen molar-refractivity contribution in [1.82, 2.24) is 13.9 Å². The second kappa shape index (κ2) is 10.8. The molecule has 1 aliphatic rings. The van der Waals surface area contributed by atoms with Gasteiger partial charge in [0.2, 0.25) is 0 Å². The van der Waals surface area contributed by atoms with E-state index in [0.29, 0.717) is 50.3 Å². The van der Waals surface area contributed by atoms with Crippen molar-refractivity contribution in [3.8, 4) is 11.5 Å². The van der Waals surface area contributed by atoms with Gasteiger partial charge < -0.3 is 19.5 Å². The zero-order valence-corrected chi connectivity index (χ0v) is 23.3. The van der Waals surface area contributed by atoms with E-state index in [0.717, 1.165) is 3.97 Å². The maximum Gasteiger partial charge on any atom is 0.343 e. The quantitative estimate of drug-likeness (QED) is 0.435. The van der Waals surface area contributed by atoms with Crippen molar-refractivity contribution in [1.29, 1.82) is 0 Å². The average molecular weight is 546 g/mol. The summed E-state index contributed by atoms with van der Waals surface area (Å²) in [5, 5.41) is 2.93. The molecule has 1 amide bonds. The molecule has 1 aromatic heterocycles. The summed E-state index contributed by atoms with van der Waals surface area (Å²) in [6, 6.07) is 8.81. The highest BCUT2D eigenvalue weighted by Gasteiger charge is 2.32. The molecule has 1 saturated heterocycles. The minimum atomic E-state index is -4.41. The zero-order valence-electron chi connectivity index (χ0n) is 22.4. The second-order valence-electron chi connectivity index (χ2n) is 9.91. The number of hydrogen-bond acceptors (Lipinski definition) is 7. The van der Waals surface area contributed by atoms with E-state index in [1.165, 1.54) is 29.9 Å². The molecular weight excluding hydrogens is 510 g/mol. The molecule has 0 bridgehead atoms. The molecule has 0 aliphatic carbocycles. The van der Waals surface area contributed by atoms with Crippen molar-refractivity contribution in [3.05, 3.63) is 52.4 Å². The molecule has 1 aliphatic heterocycles. The third-order valence-electron chi connectivity index (χ3n) is 6.95. The average Bonchev–Trinajstić information content (AvgIpc) is 3.20. The number of methoxy groups -OCH3 is 1. The molecule has 3 aromatic rings. The van der Waals surface area contributed by atoms with Gasteiger partial charge in [-0.1, -0.05) is 6.92 Å². The molecule has 0 spiro atoms. The Balaban J connectivity index is 1.87. The SMILES string of the molecule is CCOc1ccc2c(c1)n(C1CCOCC1)c(=O)n2S(=O)(=O)c1ccc(C(=O)NC(C)(C)CC)cc1OC. The number of nitrogens with zero attached hydrogens (tertiary/aromatic N) is 2. The Kier molecular flexibility index (Phi) is 7.89. The van der Waals surface area contributed by atoms with E-state index in [9.17, 15) is 18.0 Å². The van der Waals surface area contributed by atoms with Gasteiger partial charge in [0, 0.05) is 36.4 Å². The van der Waals surface area contributed by atoms with Gasteiger partial charge in [0.15, 0.2) is 0 Å². The molecule has 10 nitrogen and oxygen atoms in total. The van der Waals surface area contributed by atoms with Gasteiger partial charge in [-0.2, -0.15) is 3.97 Å². The molecule has 0 radical (unpaired) electrons. The smallest absolute Gasteiger partial charge is 0.343 e. The minimum absolute atomic E-state index is 0.0308. The lowest BCUT2D eigenvalue weighted by Gasteiger charge is -2.24. The third kappa shape index (κ3) is 5.17. The van der Waals surface area contributed by atoms with Crippen LogP contribution in [0.15, 0.2) is 46.1 Å². The van der Waals surface area contributed by atoms with Crippen molar-refractivity contribution in [2.24, 2.45) is 0 Å². The predicted octanol–water partition coefficient (Wildman–Crippen LogP) is 3.72. The van der Waals surface area contributed by atoms with E-state index in [4.69, 9.17) is 14.2 Å². The van der Waals surface area contributed by atoms with Crippen LogP contribution in [0.1, 0.15) is 63.4 Å². The van der Waals surface area contributed by atoms with Crippen LogP contribution in [0.25, 0.3) is 11.0 Å². The predicted molar refractivity (Wildman–Crippen MR) is 144 cm³/mol. The van der Waals surface area contributed by atoms with Gasteiger partial charge in [0.05, 0.1) is 24.8 Å². The first-order valence-electron chi connectivity index (χ1n) is 12.8. The molecule has 2 heterocycles. The Morgan fingerprint density at radius 2 is 1.82 bits per heavy atom. The Hall–Kier alpha value is -3.31. The van der Waals surface area contributed by atoms with E-state index < -0.39 is 21.3 Å². The number of aromatic nitrogens is 2. The maximum absolute atomic E-state index is 14.0. The Morgan fingerprint density at radius 1 is 1.11 bits per heavy atom. The maximum atomic E-state index is 14.0. The second-order valence-corrected chi connectivity index (χ2v) is 11.7. The molecule has 0 atom stereocenters. The van der Waals surface area contributed by atoms with Crippen molar-refractivity contribution < 1.29 is 27.4 Å². The van der Waals surface area contributed by atoms with Crippen LogP contribution in [0.3, 0.4) is 0 Å². The van der Waals surface area contributed by atoms with E-state index >= 15 is 0 Å². The molecule has 1 fully saturated rings. The number of carbonyl (C=O) groups is 1. The molecule has 4 rings (SSSR count). The summed E-state index contributed by atoms with van der Waals surface area (Å²) in [4.78, 5) is 26.4. The number of nitrogens with one attached hydrogen (secondary N) is 1. The van der Waals surface area contributed by atoms with Crippen LogP contribution in [0.5, 0.6) is 11.5 Å². The molecule has 0 unspecified atom stereocenters. The van der Waals surface area contributed by atoms with Crippen LogP contribution in [0, 0.1) is 0 Å². The van der Waals surface area contributed by atoms with Crippen molar-refractivity contribution in [2.45, 2.75) is 63.4 Å². The summed E-state index contributed by atoms with van der Waals surface area (Å²) in [7, 11) is -3.08. The summed E-state index contributed by atoms with van der Waals surface area (Å²) in [6.07, 6.45) is 1.88.